The predicted molar refractivity (Wildman–Crippen MR) is 90.6 cm³/mol. The summed E-state index contributed by atoms with van der Waals surface area (Å²) in [6.07, 6.45) is 0. The maximum Gasteiger partial charge on any atom is 0.0595 e. The molecule has 1 nitrogen and oxygen atoms in total. The van der Waals surface area contributed by atoms with Gasteiger partial charge in [-0.3, -0.25) is 0 Å². The molecule has 1 N–H and O–H groups in total. The van der Waals surface area contributed by atoms with E-state index < -0.39 is 0 Å². The molecule has 0 saturated heterocycles. The Hall–Kier alpha value is 0.0300. The zero-order valence-electron chi connectivity index (χ0n) is 9.18. The van der Waals surface area contributed by atoms with Gasteiger partial charge in [0, 0.05) is 20.3 Å². The van der Waals surface area contributed by atoms with Gasteiger partial charge in [-0.05, 0) is 74.4 Å². The Morgan fingerprint density at radius 3 is 2.56 bits per heavy atom. The van der Waals surface area contributed by atoms with Crippen LogP contribution in [0.1, 0.15) is 5.56 Å². The molecule has 0 fully saturated rings. The fraction of sp³-hybridized carbons (Fsp3) is 0.0769. The van der Waals surface area contributed by atoms with Crippen molar-refractivity contribution in [3.05, 3.63) is 60.0 Å². The summed E-state index contributed by atoms with van der Waals surface area (Å²) < 4.78 is 2.23. The van der Waals surface area contributed by atoms with Crippen LogP contribution in [0.15, 0.2) is 40.9 Å². The molecule has 0 spiro atoms. The molecule has 0 aromatic heterocycles. The molecule has 0 aliphatic carbocycles. The molecule has 18 heavy (non-hydrogen) atoms. The first-order valence-corrected chi connectivity index (χ1v) is 7.82. The molecule has 0 aliphatic heterocycles. The van der Waals surface area contributed by atoms with E-state index in [1.54, 1.807) is 0 Å². The van der Waals surface area contributed by atoms with Gasteiger partial charge < -0.3 is 5.32 Å². The monoisotopic (exact) mass is 455 g/mol. The molecule has 0 radical (unpaired) electrons. The highest BCUT2D eigenvalue weighted by Gasteiger charge is 2.02. The van der Waals surface area contributed by atoms with Gasteiger partial charge in [0.05, 0.1) is 10.0 Å². The number of hydrogen-bond donors (Lipinski definition) is 1. The van der Waals surface area contributed by atoms with Crippen LogP contribution in [0, 0.1) is 3.57 Å². The van der Waals surface area contributed by atoms with Gasteiger partial charge in [-0.2, -0.15) is 0 Å². The molecule has 5 heteroatoms. The molecule has 0 aliphatic rings. The molecule has 0 amide bonds. The van der Waals surface area contributed by atoms with Gasteiger partial charge in [-0.1, -0.05) is 29.3 Å². The minimum Gasteiger partial charge on any atom is -0.380 e. The lowest BCUT2D eigenvalue weighted by Gasteiger charge is -2.09. The standard InChI is InChI=1S/C13H9BrCl2IN/c14-10-3-2-9(17)6-13(10)18-7-8-1-4-11(15)12(16)5-8/h1-6,18H,7H2. The van der Waals surface area contributed by atoms with Crippen LogP contribution in [-0.4, -0.2) is 0 Å². The number of anilines is 1. The Kier molecular flexibility index (Phi) is 5.18. The third-order valence-electron chi connectivity index (χ3n) is 2.40. The first-order chi connectivity index (χ1) is 8.56. The van der Waals surface area contributed by atoms with Gasteiger partial charge in [0.15, 0.2) is 0 Å². The summed E-state index contributed by atoms with van der Waals surface area (Å²) in [7, 11) is 0. The van der Waals surface area contributed by atoms with Crippen molar-refractivity contribution < 1.29 is 0 Å². The van der Waals surface area contributed by atoms with Crippen molar-refractivity contribution in [2.45, 2.75) is 6.54 Å². The summed E-state index contributed by atoms with van der Waals surface area (Å²) >= 11 is 17.7. The van der Waals surface area contributed by atoms with Gasteiger partial charge in [0.1, 0.15) is 0 Å². The molecule has 94 valence electrons. The Balaban J connectivity index is 2.11. The van der Waals surface area contributed by atoms with Crippen molar-refractivity contribution in [3.63, 3.8) is 0 Å². The quantitative estimate of drug-likeness (QED) is 0.561. The van der Waals surface area contributed by atoms with E-state index in [2.05, 4.69) is 56.0 Å². The highest BCUT2D eigenvalue weighted by atomic mass is 127. The van der Waals surface area contributed by atoms with Crippen LogP contribution in [0.2, 0.25) is 10.0 Å². The Morgan fingerprint density at radius 2 is 1.83 bits per heavy atom. The molecule has 0 atom stereocenters. The van der Waals surface area contributed by atoms with Gasteiger partial charge in [-0.15, -0.1) is 0 Å². The van der Waals surface area contributed by atoms with E-state index in [0.717, 1.165) is 15.7 Å². The van der Waals surface area contributed by atoms with Crippen molar-refractivity contribution >= 4 is 67.4 Å². The highest BCUT2D eigenvalue weighted by Crippen LogP contribution is 2.26. The minimum atomic E-state index is 0.579. The van der Waals surface area contributed by atoms with Crippen LogP contribution >= 0.6 is 61.7 Å². The van der Waals surface area contributed by atoms with E-state index in [0.29, 0.717) is 16.6 Å². The summed E-state index contributed by atoms with van der Waals surface area (Å²) in [4.78, 5) is 0. The Labute approximate surface area is 138 Å². The molecule has 0 saturated carbocycles. The number of halogens is 4. The maximum absolute atomic E-state index is 5.98. The fourth-order valence-electron chi connectivity index (χ4n) is 1.48. The SMILES string of the molecule is Clc1ccc(CNc2cc(I)ccc2Br)cc1Cl. The topological polar surface area (TPSA) is 12.0 Å². The van der Waals surface area contributed by atoms with Crippen molar-refractivity contribution in [1.29, 1.82) is 0 Å². The van der Waals surface area contributed by atoms with Crippen LogP contribution in [-0.2, 0) is 6.54 Å². The van der Waals surface area contributed by atoms with E-state index in [9.17, 15) is 0 Å². The summed E-state index contributed by atoms with van der Waals surface area (Å²) in [6.45, 7) is 0.704. The van der Waals surface area contributed by atoms with Crippen molar-refractivity contribution in [2.24, 2.45) is 0 Å². The number of rotatable bonds is 3. The molecule has 2 aromatic carbocycles. The summed E-state index contributed by atoms with van der Waals surface area (Å²) in [6, 6.07) is 11.8. The van der Waals surface area contributed by atoms with Gasteiger partial charge in [0.25, 0.3) is 0 Å². The van der Waals surface area contributed by atoms with Crippen LogP contribution < -0.4 is 5.32 Å². The van der Waals surface area contributed by atoms with Crippen LogP contribution in [0.3, 0.4) is 0 Å². The van der Waals surface area contributed by atoms with E-state index in [4.69, 9.17) is 23.2 Å². The molecule has 0 heterocycles. The fourth-order valence-corrected chi connectivity index (χ4v) is 2.68. The smallest absolute Gasteiger partial charge is 0.0595 e. The molecule has 0 bridgehead atoms. The third-order valence-corrected chi connectivity index (χ3v) is 4.50. The second kappa shape index (κ2) is 6.46. The average molecular weight is 457 g/mol. The zero-order valence-corrected chi connectivity index (χ0v) is 14.4. The molecular weight excluding hydrogens is 448 g/mol. The van der Waals surface area contributed by atoms with Gasteiger partial charge >= 0.3 is 0 Å². The molecular formula is C13H9BrCl2IN. The van der Waals surface area contributed by atoms with Crippen molar-refractivity contribution in [2.75, 3.05) is 5.32 Å². The van der Waals surface area contributed by atoms with E-state index in [-0.39, 0.29) is 0 Å². The predicted octanol–water partition coefficient (Wildman–Crippen LogP) is 5.97. The number of benzene rings is 2. The summed E-state index contributed by atoms with van der Waals surface area (Å²) in [5.74, 6) is 0. The largest absolute Gasteiger partial charge is 0.380 e. The summed E-state index contributed by atoms with van der Waals surface area (Å²) in [5.41, 5.74) is 2.16. The van der Waals surface area contributed by atoms with Crippen LogP contribution in [0.4, 0.5) is 5.69 Å². The third kappa shape index (κ3) is 3.76. The minimum absolute atomic E-state index is 0.579. The van der Waals surface area contributed by atoms with E-state index in [1.165, 1.54) is 3.57 Å². The van der Waals surface area contributed by atoms with Crippen LogP contribution in [0.25, 0.3) is 0 Å². The van der Waals surface area contributed by atoms with Crippen molar-refractivity contribution in [3.8, 4) is 0 Å². The maximum atomic E-state index is 5.98. The highest BCUT2D eigenvalue weighted by molar-refractivity contribution is 14.1. The van der Waals surface area contributed by atoms with Crippen LogP contribution in [0.5, 0.6) is 0 Å². The lowest BCUT2D eigenvalue weighted by atomic mass is 10.2. The van der Waals surface area contributed by atoms with Gasteiger partial charge in [0.2, 0.25) is 0 Å². The second-order valence-electron chi connectivity index (χ2n) is 3.73. The zero-order chi connectivity index (χ0) is 13.1. The Morgan fingerprint density at radius 1 is 1.06 bits per heavy atom. The van der Waals surface area contributed by atoms with Gasteiger partial charge in [-0.25, -0.2) is 0 Å². The lowest BCUT2D eigenvalue weighted by molar-refractivity contribution is 1.14. The molecule has 2 aromatic rings. The average Bonchev–Trinajstić information content (AvgIpc) is 2.34. The number of hydrogen-bond acceptors (Lipinski definition) is 1. The molecule has 2 rings (SSSR count). The number of nitrogens with one attached hydrogen (secondary N) is 1. The second-order valence-corrected chi connectivity index (χ2v) is 6.64. The van der Waals surface area contributed by atoms with E-state index in [1.807, 2.05) is 24.3 Å². The summed E-state index contributed by atoms with van der Waals surface area (Å²) in [5, 5.41) is 4.52. The first kappa shape index (κ1) is 14.4. The van der Waals surface area contributed by atoms with E-state index >= 15 is 0 Å². The van der Waals surface area contributed by atoms with Crippen molar-refractivity contribution in [1.82, 2.24) is 0 Å². The first-order valence-electron chi connectivity index (χ1n) is 5.19. The lowest BCUT2D eigenvalue weighted by Crippen LogP contribution is -2.00. The Bertz CT molecular complexity index is 575. The molecule has 0 unspecified atom stereocenters. The normalized spacial score (nSPS) is 10.4.